The maximum absolute atomic E-state index is 10.2. The van der Waals surface area contributed by atoms with Gasteiger partial charge in [-0.1, -0.05) is 12.1 Å². The number of carboxylic acid groups (broad SMARTS) is 1. The summed E-state index contributed by atoms with van der Waals surface area (Å²) in [6.45, 7) is 0. The molecular formula is C7H6NO2Rb. The van der Waals surface area contributed by atoms with Crippen LogP contribution in [0.3, 0.4) is 0 Å². The molecule has 0 aliphatic heterocycles. The van der Waals surface area contributed by atoms with Gasteiger partial charge in [0.05, 0.1) is 5.97 Å². The third-order valence-electron chi connectivity index (χ3n) is 1.12. The molecule has 0 radical (unpaired) electrons. The summed E-state index contributed by atoms with van der Waals surface area (Å²) < 4.78 is 0. The molecule has 11 heavy (non-hydrogen) atoms. The molecule has 0 aromatic heterocycles. The molecule has 0 saturated carbocycles. The minimum absolute atomic E-state index is 0. The van der Waals surface area contributed by atoms with E-state index >= 15 is 0 Å². The molecule has 4 heteroatoms. The van der Waals surface area contributed by atoms with E-state index in [1.54, 1.807) is 12.1 Å². The molecule has 0 aliphatic rings. The van der Waals surface area contributed by atoms with Crippen LogP contribution in [0.1, 0.15) is 10.4 Å². The maximum Gasteiger partial charge on any atom is 1.00 e. The first-order chi connectivity index (χ1) is 4.70. The van der Waals surface area contributed by atoms with E-state index in [0.717, 1.165) is 0 Å². The summed E-state index contributed by atoms with van der Waals surface area (Å²) >= 11 is 0. The normalized spacial score (nSPS) is 8.36. The Morgan fingerprint density at radius 1 is 1.45 bits per heavy atom. The van der Waals surface area contributed by atoms with E-state index in [1.807, 2.05) is 0 Å². The molecule has 1 aromatic rings. The third kappa shape index (κ3) is 3.47. The van der Waals surface area contributed by atoms with Crippen molar-refractivity contribution in [3.8, 4) is 0 Å². The van der Waals surface area contributed by atoms with Gasteiger partial charge < -0.3 is 15.6 Å². The van der Waals surface area contributed by atoms with Gasteiger partial charge in [0.1, 0.15) is 0 Å². The fraction of sp³-hybridized carbons (Fsp3) is 0. The fourth-order valence-corrected chi connectivity index (χ4v) is 0.666. The number of nitrogens with two attached hydrogens (primary N) is 1. The largest absolute Gasteiger partial charge is 1.00 e. The number of aromatic carboxylic acids is 1. The van der Waals surface area contributed by atoms with Crippen molar-refractivity contribution in [2.45, 2.75) is 0 Å². The molecule has 0 unspecified atom stereocenters. The Bertz CT molecular complexity index is 262. The molecule has 0 heterocycles. The van der Waals surface area contributed by atoms with Gasteiger partial charge in [0.25, 0.3) is 0 Å². The van der Waals surface area contributed by atoms with Gasteiger partial charge in [-0.3, -0.25) is 0 Å². The number of nitrogen functional groups attached to an aromatic ring is 1. The number of carbonyl (C=O) groups excluding carboxylic acids is 1. The summed E-state index contributed by atoms with van der Waals surface area (Å²) in [7, 11) is 0. The molecule has 1 aromatic carbocycles. The summed E-state index contributed by atoms with van der Waals surface area (Å²) in [5.74, 6) is -1.20. The molecule has 1 rings (SSSR count). The van der Waals surface area contributed by atoms with Crippen LogP contribution in [0.5, 0.6) is 0 Å². The second-order valence-electron chi connectivity index (χ2n) is 1.91. The second-order valence-corrected chi connectivity index (χ2v) is 1.91. The fourth-order valence-electron chi connectivity index (χ4n) is 0.666. The zero-order valence-electron chi connectivity index (χ0n) is 6.20. The van der Waals surface area contributed by atoms with Gasteiger partial charge in [0.15, 0.2) is 0 Å². The van der Waals surface area contributed by atoms with Gasteiger partial charge in [0, 0.05) is 5.69 Å². The Balaban J connectivity index is 0.000001000. The van der Waals surface area contributed by atoms with E-state index in [-0.39, 0.29) is 63.8 Å². The SMILES string of the molecule is Nc1cccc(C(=O)[O-])c1.[Rb+]. The number of hydrogen-bond acceptors (Lipinski definition) is 3. The van der Waals surface area contributed by atoms with E-state index in [9.17, 15) is 9.90 Å². The first kappa shape index (κ1) is 11.3. The van der Waals surface area contributed by atoms with Gasteiger partial charge in [-0.25, -0.2) is 0 Å². The van der Waals surface area contributed by atoms with Crippen LogP contribution >= 0.6 is 0 Å². The van der Waals surface area contributed by atoms with Crippen molar-refractivity contribution in [2.24, 2.45) is 0 Å². The minimum Gasteiger partial charge on any atom is -0.545 e. The predicted octanol–water partition coefficient (Wildman–Crippen LogP) is -3.36. The van der Waals surface area contributed by atoms with Crippen LogP contribution in [-0.2, 0) is 0 Å². The Morgan fingerprint density at radius 2 is 2.09 bits per heavy atom. The Hall–Kier alpha value is 0.295. The van der Waals surface area contributed by atoms with Crippen molar-refractivity contribution in [3.05, 3.63) is 29.8 Å². The molecule has 0 fully saturated rings. The number of rotatable bonds is 1. The van der Waals surface area contributed by atoms with Crippen molar-refractivity contribution in [2.75, 3.05) is 5.73 Å². The standard InChI is InChI=1S/C7H7NO2.Rb/c8-6-3-1-2-5(4-6)7(9)10;/h1-4H,8H2,(H,9,10);/q;+1/p-1. The number of anilines is 1. The second kappa shape index (κ2) is 5.03. The monoisotopic (exact) mass is 221 g/mol. The maximum atomic E-state index is 10.2. The smallest absolute Gasteiger partial charge is 0.545 e. The van der Waals surface area contributed by atoms with Gasteiger partial charge in [-0.05, 0) is 17.7 Å². The van der Waals surface area contributed by atoms with E-state index in [4.69, 9.17) is 5.73 Å². The first-order valence-corrected chi connectivity index (χ1v) is 2.77. The van der Waals surface area contributed by atoms with E-state index < -0.39 is 5.97 Å². The van der Waals surface area contributed by atoms with Crippen molar-refractivity contribution in [3.63, 3.8) is 0 Å². The molecule has 0 amide bonds. The van der Waals surface area contributed by atoms with Crippen LogP contribution in [-0.4, -0.2) is 5.97 Å². The van der Waals surface area contributed by atoms with E-state index in [0.29, 0.717) is 5.69 Å². The quantitative estimate of drug-likeness (QED) is 0.504. The zero-order valence-corrected chi connectivity index (χ0v) is 11.1. The number of carbonyl (C=O) groups is 1. The van der Waals surface area contributed by atoms with Crippen LogP contribution < -0.4 is 69.0 Å². The first-order valence-electron chi connectivity index (χ1n) is 2.77. The predicted molar refractivity (Wildman–Crippen MR) is 35.2 cm³/mol. The number of benzene rings is 1. The Kier molecular flexibility index (Phi) is 5.17. The topological polar surface area (TPSA) is 66.2 Å². The Labute approximate surface area is 113 Å². The molecule has 2 N–H and O–H groups in total. The van der Waals surface area contributed by atoms with Crippen LogP contribution in [0.25, 0.3) is 0 Å². The summed E-state index contributed by atoms with van der Waals surface area (Å²) in [4.78, 5) is 10.2. The molecule has 0 bridgehead atoms. The van der Waals surface area contributed by atoms with Gasteiger partial charge in [0.2, 0.25) is 0 Å². The van der Waals surface area contributed by atoms with E-state index in [2.05, 4.69) is 0 Å². The van der Waals surface area contributed by atoms with Crippen molar-refractivity contribution >= 4 is 11.7 Å². The average Bonchev–Trinajstić information content (AvgIpc) is 1.88. The summed E-state index contributed by atoms with van der Waals surface area (Å²) in [6, 6.07) is 5.98. The molecular weight excluding hydrogens is 216 g/mol. The van der Waals surface area contributed by atoms with Gasteiger partial charge >= 0.3 is 58.2 Å². The molecule has 0 spiro atoms. The summed E-state index contributed by atoms with van der Waals surface area (Å²) in [5, 5.41) is 10.2. The Morgan fingerprint density at radius 3 is 2.45 bits per heavy atom. The molecule has 0 aliphatic carbocycles. The van der Waals surface area contributed by atoms with Crippen LogP contribution in [0, 0.1) is 0 Å². The number of carboxylic acids is 1. The van der Waals surface area contributed by atoms with E-state index in [1.165, 1.54) is 12.1 Å². The van der Waals surface area contributed by atoms with Gasteiger partial charge in [-0.15, -0.1) is 0 Å². The van der Waals surface area contributed by atoms with Crippen molar-refractivity contribution < 1.29 is 68.1 Å². The summed E-state index contributed by atoms with van der Waals surface area (Å²) in [5.41, 5.74) is 5.85. The molecule has 0 saturated heterocycles. The third-order valence-corrected chi connectivity index (χ3v) is 1.12. The molecule has 0 atom stereocenters. The minimum atomic E-state index is -1.20. The molecule has 52 valence electrons. The van der Waals surface area contributed by atoms with Gasteiger partial charge in [-0.2, -0.15) is 0 Å². The van der Waals surface area contributed by atoms with Crippen molar-refractivity contribution in [1.82, 2.24) is 0 Å². The van der Waals surface area contributed by atoms with Crippen molar-refractivity contribution in [1.29, 1.82) is 0 Å². The number of hydrogen-bond donors (Lipinski definition) is 1. The average molecular weight is 222 g/mol. The zero-order chi connectivity index (χ0) is 7.56. The van der Waals surface area contributed by atoms with Crippen LogP contribution in [0.2, 0.25) is 0 Å². The van der Waals surface area contributed by atoms with Crippen LogP contribution in [0.4, 0.5) is 5.69 Å². The molecule has 3 nitrogen and oxygen atoms in total. The van der Waals surface area contributed by atoms with Crippen LogP contribution in [0.15, 0.2) is 24.3 Å². The summed E-state index contributed by atoms with van der Waals surface area (Å²) in [6.07, 6.45) is 0.